The zero-order chi connectivity index (χ0) is 9.68. The third-order valence-corrected chi connectivity index (χ3v) is 2.90. The van der Waals surface area contributed by atoms with Gasteiger partial charge in [-0.15, -0.1) is 0 Å². The molecule has 0 spiro atoms. The highest BCUT2D eigenvalue weighted by molar-refractivity contribution is 5.72. The summed E-state index contributed by atoms with van der Waals surface area (Å²) >= 11 is 0. The lowest BCUT2D eigenvalue weighted by atomic mass is 9.84. The van der Waals surface area contributed by atoms with Crippen molar-refractivity contribution in [1.82, 2.24) is 10.6 Å². The van der Waals surface area contributed by atoms with Crippen LogP contribution in [0, 0.1) is 11.8 Å². The van der Waals surface area contributed by atoms with Crippen LogP contribution < -0.4 is 10.6 Å². The quantitative estimate of drug-likeness (QED) is 0.680. The molecule has 1 heterocycles. The van der Waals surface area contributed by atoms with Crippen LogP contribution in [-0.4, -0.2) is 25.5 Å². The maximum atomic E-state index is 10.8. The van der Waals surface area contributed by atoms with E-state index in [0.717, 1.165) is 25.6 Å². The Balaban J connectivity index is 2.31. The number of hydrogen-bond acceptors (Lipinski definition) is 2. The minimum atomic E-state index is 0.0911. The maximum absolute atomic E-state index is 10.8. The molecule has 2 unspecified atom stereocenters. The van der Waals surface area contributed by atoms with Crippen LogP contribution in [-0.2, 0) is 4.79 Å². The first-order chi connectivity index (χ1) is 6.24. The molecule has 0 aromatic carbocycles. The van der Waals surface area contributed by atoms with Gasteiger partial charge in [-0.2, -0.15) is 0 Å². The minimum absolute atomic E-state index is 0.0911. The lowest BCUT2D eigenvalue weighted by Crippen LogP contribution is -2.41. The molecular formula is C10H20N2O. The molecule has 0 saturated carbocycles. The van der Waals surface area contributed by atoms with Gasteiger partial charge in [0.05, 0.1) is 0 Å². The van der Waals surface area contributed by atoms with Crippen molar-refractivity contribution in [2.45, 2.75) is 26.7 Å². The number of amides is 1. The fourth-order valence-corrected chi connectivity index (χ4v) is 2.00. The van der Waals surface area contributed by atoms with Gasteiger partial charge in [-0.1, -0.05) is 13.3 Å². The van der Waals surface area contributed by atoms with Crippen LogP contribution in [0.15, 0.2) is 0 Å². The monoisotopic (exact) mass is 184 g/mol. The van der Waals surface area contributed by atoms with Crippen molar-refractivity contribution in [1.29, 1.82) is 0 Å². The largest absolute Gasteiger partial charge is 0.356 e. The van der Waals surface area contributed by atoms with E-state index in [9.17, 15) is 4.79 Å². The summed E-state index contributed by atoms with van der Waals surface area (Å²) in [6.07, 6.45) is 2.40. The smallest absolute Gasteiger partial charge is 0.216 e. The van der Waals surface area contributed by atoms with E-state index in [1.165, 1.54) is 12.8 Å². The highest BCUT2D eigenvalue weighted by Crippen LogP contribution is 2.20. The Bertz CT molecular complexity index is 170. The van der Waals surface area contributed by atoms with Crippen LogP contribution in [0.25, 0.3) is 0 Å². The van der Waals surface area contributed by atoms with Gasteiger partial charge in [-0.3, -0.25) is 4.79 Å². The second-order valence-corrected chi connectivity index (χ2v) is 3.86. The first kappa shape index (κ1) is 10.5. The summed E-state index contributed by atoms with van der Waals surface area (Å²) in [4.78, 5) is 10.8. The van der Waals surface area contributed by atoms with E-state index in [0.29, 0.717) is 5.92 Å². The molecule has 1 rings (SSSR count). The van der Waals surface area contributed by atoms with Crippen LogP contribution in [0.4, 0.5) is 0 Å². The lowest BCUT2D eigenvalue weighted by Gasteiger charge is -2.31. The average molecular weight is 184 g/mol. The van der Waals surface area contributed by atoms with Gasteiger partial charge < -0.3 is 10.6 Å². The lowest BCUT2D eigenvalue weighted by molar-refractivity contribution is -0.119. The molecule has 0 bridgehead atoms. The Hall–Kier alpha value is -0.570. The highest BCUT2D eigenvalue weighted by Gasteiger charge is 2.22. The fourth-order valence-electron chi connectivity index (χ4n) is 2.00. The molecule has 1 amide bonds. The van der Waals surface area contributed by atoms with Gasteiger partial charge >= 0.3 is 0 Å². The Morgan fingerprint density at radius 3 is 2.92 bits per heavy atom. The van der Waals surface area contributed by atoms with Gasteiger partial charge in [0.2, 0.25) is 5.91 Å². The van der Waals surface area contributed by atoms with Crippen LogP contribution >= 0.6 is 0 Å². The molecule has 1 fully saturated rings. The Morgan fingerprint density at radius 1 is 1.54 bits per heavy atom. The number of hydrogen-bond donors (Lipinski definition) is 2. The number of carbonyl (C=O) groups is 1. The van der Waals surface area contributed by atoms with E-state index in [2.05, 4.69) is 17.6 Å². The van der Waals surface area contributed by atoms with Gasteiger partial charge in [0.1, 0.15) is 0 Å². The summed E-state index contributed by atoms with van der Waals surface area (Å²) in [6, 6.07) is 0. The SMILES string of the molecule is CCC1CNCCC1CNC(C)=O. The van der Waals surface area contributed by atoms with Gasteiger partial charge in [0.25, 0.3) is 0 Å². The normalized spacial score (nSPS) is 28.5. The van der Waals surface area contributed by atoms with Crippen molar-refractivity contribution in [3.63, 3.8) is 0 Å². The van der Waals surface area contributed by atoms with E-state index < -0.39 is 0 Å². The number of nitrogens with one attached hydrogen (secondary N) is 2. The topological polar surface area (TPSA) is 41.1 Å². The minimum Gasteiger partial charge on any atom is -0.356 e. The van der Waals surface area contributed by atoms with Gasteiger partial charge in [0.15, 0.2) is 0 Å². The summed E-state index contributed by atoms with van der Waals surface area (Å²) < 4.78 is 0. The van der Waals surface area contributed by atoms with Crippen LogP contribution in [0.3, 0.4) is 0 Å². The molecule has 2 N–H and O–H groups in total. The van der Waals surface area contributed by atoms with E-state index in [4.69, 9.17) is 0 Å². The zero-order valence-corrected chi connectivity index (χ0v) is 8.60. The van der Waals surface area contributed by atoms with Crippen molar-refractivity contribution < 1.29 is 4.79 Å². The molecular weight excluding hydrogens is 164 g/mol. The third kappa shape index (κ3) is 3.35. The molecule has 0 aromatic heterocycles. The second-order valence-electron chi connectivity index (χ2n) is 3.86. The third-order valence-electron chi connectivity index (χ3n) is 2.90. The first-order valence-corrected chi connectivity index (χ1v) is 5.19. The zero-order valence-electron chi connectivity index (χ0n) is 8.60. The first-order valence-electron chi connectivity index (χ1n) is 5.19. The van der Waals surface area contributed by atoms with E-state index >= 15 is 0 Å². The highest BCUT2D eigenvalue weighted by atomic mass is 16.1. The fraction of sp³-hybridized carbons (Fsp3) is 0.900. The molecule has 0 aliphatic carbocycles. The van der Waals surface area contributed by atoms with Crippen molar-refractivity contribution in [2.75, 3.05) is 19.6 Å². The van der Waals surface area contributed by atoms with Gasteiger partial charge in [0, 0.05) is 13.5 Å². The summed E-state index contributed by atoms with van der Waals surface area (Å²) in [7, 11) is 0. The molecule has 2 atom stereocenters. The molecule has 1 saturated heterocycles. The van der Waals surface area contributed by atoms with Gasteiger partial charge in [-0.25, -0.2) is 0 Å². The molecule has 13 heavy (non-hydrogen) atoms. The molecule has 3 heteroatoms. The van der Waals surface area contributed by atoms with Crippen molar-refractivity contribution in [2.24, 2.45) is 11.8 Å². The average Bonchev–Trinajstić information content (AvgIpc) is 2.15. The van der Waals surface area contributed by atoms with Crippen molar-refractivity contribution in [3.8, 4) is 0 Å². The number of piperidine rings is 1. The van der Waals surface area contributed by atoms with Crippen LogP contribution in [0.1, 0.15) is 26.7 Å². The number of carbonyl (C=O) groups excluding carboxylic acids is 1. The summed E-state index contributed by atoms with van der Waals surface area (Å²) in [5.74, 6) is 1.50. The van der Waals surface area contributed by atoms with Crippen LogP contribution in [0.5, 0.6) is 0 Å². The summed E-state index contributed by atoms with van der Waals surface area (Å²) in [6.45, 7) is 6.87. The summed E-state index contributed by atoms with van der Waals surface area (Å²) in [5, 5.41) is 6.30. The predicted molar refractivity (Wildman–Crippen MR) is 53.4 cm³/mol. The van der Waals surface area contributed by atoms with E-state index in [1.807, 2.05) is 0 Å². The second kappa shape index (κ2) is 5.22. The predicted octanol–water partition coefficient (Wildman–Crippen LogP) is 0.758. The molecule has 1 aliphatic rings. The molecule has 76 valence electrons. The van der Waals surface area contributed by atoms with E-state index in [1.54, 1.807) is 6.92 Å². The number of rotatable bonds is 3. The summed E-state index contributed by atoms with van der Waals surface area (Å²) in [5.41, 5.74) is 0. The molecule has 3 nitrogen and oxygen atoms in total. The standard InChI is InChI=1S/C10H20N2O/c1-3-9-6-11-5-4-10(9)7-12-8(2)13/h9-11H,3-7H2,1-2H3,(H,12,13). The Labute approximate surface area is 80.3 Å². The Kier molecular flexibility index (Phi) is 4.22. The van der Waals surface area contributed by atoms with Crippen LogP contribution in [0.2, 0.25) is 0 Å². The van der Waals surface area contributed by atoms with Crippen molar-refractivity contribution in [3.05, 3.63) is 0 Å². The molecule has 0 aromatic rings. The van der Waals surface area contributed by atoms with E-state index in [-0.39, 0.29) is 5.91 Å². The van der Waals surface area contributed by atoms with Crippen molar-refractivity contribution >= 4 is 5.91 Å². The molecule has 0 radical (unpaired) electrons. The van der Waals surface area contributed by atoms with Gasteiger partial charge in [-0.05, 0) is 31.3 Å². The molecule has 1 aliphatic heterocycles. The Morgan fingerprint density at radius 2 is 2.31 bits per heavy atom. The maximum Gasteiger partial charge on any atom is 0.216 e.